The third-order valence-corrected chi connectivity index (χ3v) is 3.93. The number of ether oxygens (including phenoxy) is 1. The van der Waals surface area contributed by atoms with E-state index in [-0.39, 0.29) is 5.91 Å². The maximum atomic E-state index is 12.0. The van der Waals surface area contributed by atoms with E-state index in [0.29, 0.717) is 26.2 Å². The molecule has 3 aromatic rings. The maximum Gasteiger partial charge on any atom is 0.224 e. The number of hydrogen-bond acceptors (Lipinski definition) is 2. The Morgan fingerprint density at radius 1 is 1.04 bits per heavy atom. The molecule has 0 spiro atoms. The van der Waals surface area contributed by atoms with Crippen LogP contribution in [0.25, 0.3) is 10.9 Å². The molecule has 0 atom stereocenters. The summed E-state index contributed by atoms with van der Waals surface area (Å²) < 4.78 is 5.61. The molecule has 1 aromatic heterocycles. The molecule has 2 aromatic carbocycles. The largest absolute Gasteiger partial charge is 0.377 e. The van der Waals surface area contributed by atoms with Crippen molar-refractivity contribution in [1.29, 1.82) is 0 Å². The van der Waals surface area contributed by atoms with Crippen LogP contribution in [0.4, 0.5) is 0 Å². The van der Waals surface area contributed by atoms with E-state index in [1.807, 2.05) is 60.8 Å². The summed E-state index contributed by atoms with van der Waals surface area (Å²) in [6, 6.07) is 18.1. The molecule has 0 aliphatic carbocycles. The van der Waals surface area contributed by atoms with Gasteiger partial charge >= 0.3 is 0 Å². The fourth-order valence-corrected chi connectivity index (χ4v) is 2.68. The van der Waals surface area contributed by atoms with E-state index in [0.717, 1.165) is 22.9 Å². The van der Waals surface area contributed by atoms with E-state index in [4.69, 9.17) is 4.74 Å². The van der Waals surface area contributed by atoms with Gasteiger partial charge in [-0.25, -0.2) is 0 Å². The van der Waals surface area contributed by atoms with Gasteiger partial charge in [0.1, 0.15) is 0 Å². The third-order valence-electron chi connectivity index (χ3n) is 3.93. The zero-order chi connectivity index (χ0) is 16.6. The van der Waals surface area contributed by atoms with Crippen LogP contribution in [-0.2, 0) is 22.6 Å². The van der Waals surface area contributed by atoms with Gasteiger partial charge in [-0.15, -0.1) is 0 Å². The van der Waals surface area contributed by atoms with Crippen LogP contribution >= 0.6 is 0 Å². The van der Waals surface area contributed by atoms with Crippen molar-refractivity contribution in [3.63, 3.8) is 0 Å². The summed E-state index contributed by atoms with van der Waals surface area (Å²) in [6.45, 7) is 1.89. The van der Waals surface area contributed by atoms with Crippen LogP contribution in [0.1, 0.15) is 17.5 Å². The normalized spacial score (nSPS) is 10.8. The van der Waals surface area contributed by atoms with Gasteiger partial charge in [-0.05, 0) is 23.6 Å². The summed E-state index contributed by atoms with van der Waals surface area (Å²) in [6.07, 6.45) is 3.12. The minimum atomic E-state index is 0.0443. The lowest BCUT2D eigenvalue weighted by Crippen LogP contribution is -2.26. The number of para-hydroxylation sites is 1. The Hall–Kier alpha value is -2.59. The number of nitrogens with one attached hydrogen (secondary N) is 2. The second kappa shape index (κ2) is 8.31. The Morgan fingerprint density at radius 2 is 1.83 bits per heavy atom. The van der Waals surface area contributed by atoms with Crippen molar-refractivity contribution in [1.82, 2.24) is 10.3 Å². The van der Waals surface area contributed by atoms with E-state index in [9.17, 15) is 4.79 Å². The van der Waals surface area contributed by atoms with Gasteiger partial charge in [-0.1, -0.05) is 48.5 Å². The molecule has 2 N–H and O–H groups in total. The van der Waals surface area contributed by atoms with Gasteiger partial charge in [0, 0.05) is 30.3 Å². The monoisotopic (exact) mass is 322 g/mol. The predicted molar refractivity (Wildman–Crippen MR) is 95.7 cm³/mol. The molecule has 0 saturated carbocycles. The SMILES string of the molecule is O=C(Cc1c[nH]c2ccccc12)NCCCOCc1ccccc1. The molecule has 1 heterocycles. The molecule has 0 aliphatic heterocycles. The highest BCUT2D eigenvalue weighted by atomic mass is 16.5. The number of amides is 1. The Labute approximate surface area is 141 Å². The molecule has 3 rings (SSSR count). The van der Waals surface area contributed by atoms with Crippen molar-refractivity contribution in [2.24, 2.45) is 0 Å². The van der Waals surface area contributed by atoms with Crippen molar-refractivity contribution in [3.05, 3.63) is 71.9 Å². The van der Waals surface area contributed by atoms with E-state index in [1.165, 1.54) is 5.56 Å². The third kappa shape index (κ3) is 4.46. The zero-order valence-corrected chi connectivity index (χ0v) is 13.6. The van der Waals surface area contributed by atoms with Gasteiger partial charge in [0.15, 0.2) is 0 Å². The van der Waals surface area contributed by atoms with Gasteiger partial charge in [0.05, 0.1) is 13.0 Å². The first-order valence-electron chi connectivity index (χ1n) is 8.26. The number of H-pyrrole nitrogens is 1. The number of aromatic nitrogens is 1. The average molecular weight is 322 g/mol. The Balaban J connectivity index is 1.34. The number of fused-ring (bicyclic) bond motifs is 1. The van der Waals surface area contributed by atoms with Crippen LogP contribution in [0.5, 0.6) is 0 Å². The average Bonchev–Trinajstić information content (AvgIpc) is 3.02. The van der Waals surface area contributed by atoms with E-state index < -0.39 is 0 Å². The molecular formula is C20H22N2O2. The van der Waals surface area contributed by atoms with Gasteiger partial charge in [0.25, 0.3) is 0 Å². The number of carbonyl (C=O) groups excluding carboxylic acids is 1. The van der Waals surface area contributed by atoms with Gasteiger partial charge in [0.2, 0.25) is 5.91 Å². The molecule has 124 valence electrons. The Morgan fingerprint density at radius 3 is 2.71 bits per heavy atom. The van der Waals surface area contributed by atoms with E-state index in [1.54, 1.807) is 0 Å². The van der Waals surface area contributed by atoms with Gasteiger partial charge < -0.3 is 15.0 Å². The first kappa shape index (κ1) is 16.3. The summed E-state index contributed by atoms with van der Waals surface area (Å²) in [5.74, 6) is 0.0443. The van der Waals surface area contributed by atoms with Crippen molar-refractivity contribution in [2.75, 3.05) is 13.2 Å². The number of hydrogen-bond donors (Lipinski definition) is 2. The van der Waals surface area contributed by atoms with Crippen molar-refractivity contribution < 1.29 is 9.53 Å². The molecule has 0 fully saturated rings. The number of rotatable bonds is 8. The number of aromatic amines is 1. The fraction of sp³-hybridized carbons (Fsp3) is 0.250. The molecule has 0 radical (unpaired) electrons. The Bertz CT molecular complexity index is 780. The van der Waals surface area contributed by atoms with Crippen LogP contribution < -0.4 is 5.32 Å². The van der Waals surface area contributed by atoms with E-state index >= 15 is 0 Å². The smallest absolute Gasteiger partial charge is 0.224 e. The molecule has 1 amide bonds. The zero-order valence-electron chi connectivity index (χ0n) is 13.6. The van der Waals surface area contributed by atoms with Crippen molar-refractivity contribution in [2.45, 2.75) is 19.4 Å². The lowest BCUT2D eigenvalue weighted by molar-refractivity contribution is -0.120. The molecule has 0 saturated heterocycles. The highest BCUT2D eigenvalue weighted by Gasteiger charge is 2.07. The molecule has 24 heavy (non-hydrogen) atoms. The van der Waals surface area contributed by atoms with Crippen molar-refractivity contribution in [3.8, 4) is 0 Å². The van der Waals surface area contributed by atoms with Crippen LogP contribution in [0.3, 0.4) is 0 Å². The molecule has 0 unspecified atom stereocenters. The standard InChI is InChI=1S/C20H22N2O2/c23-20(13-17-14-22-19-10-5-4-9-18(17)19)21-11-6-12-24-15-16-7-2-1-3-8-16/h1-5,7-10,14,22H,6,11-13,15H2,(H,21,23). The lowest BCUT2D eigenvalue weighted by Gasteiger charge is -2.06. The van der Waals surface area contributed by atoms with Gasteiger partial charge in [-0.2, -0.15) is 0 Å². The first-order chi connectivity index (χ1) is 11.8. The summed E-state index contributed by atoms with van der Waals surface area (Å²) in [5, 5.41) is 4.06. The minimum absolute atomic E-state index is 0.0443. The topological polar surface area (TPSA) is 54.1 Å². The fourth-order valence-electron chi connectivity index (χ4n) is 2.68. The number of carbonyl (C=O) groups is 1. The predicted octanol–water partition coefficient (Wildman–Crippen LogP) is 3.43. The molecular weight excluding hydrogens is 300 g/mol. The summed E-state index contributed by atoms with van der Waals surface area (Å²) in [5.41, 5.74) is 3.26. The minimum Gasteiger partial charge on any atom is -0.377 e. The Kier molecular flexibility index (Phi) is 5.64. The van der Waals surface area contributed by atoms with Crippen LogP contribution in [0.2, 0.25) is 0 Å². The highest BCUT2D eigenvalue weighted by Crippen LogP contribution is 2.17. The lowest BCUT2D eigenvalue weighted by atomic mass is 10.1. The van der Waals surface area contributed by atoms with Crippen molar-refractivity contribution >= 4 is 16.8 Å². The van der Waals surface area contributed by atoms with Crippen LogP contribution in [-0.4, -0.2) is 24.0 Å². The summed E-state index contributed by atoms with van der Waals surface area (Å²) >= 11 is 0. The molecule has 4 heteroatoms. The summed E-state index contributed by atoms with van der Waals surface area (Å²) in [7, 11) is 0. The second-order valence-electron chi connectivity index (χ2n) is 5.78. The molecule has 0 bridgehead atoms. The number of benzene rings is 2. The second-order valence-corrected chi connectivity index (χ2v) is 5.78. The molecule has 4 nitrogen and oxygen atoms in total. The molecule has 0 aliphatic rings. The summed E-state index contributed by atoms with van der Waals surface area (Å²) in [4.78, 5) is 15.2. The first-order valence-corrected chi connectivity index (χ1v) is 8.26. The van der Waals surface area contributed by atoms with E-state index in [2.05, 4.69) is 10.3 Å². The quantitative estimate of drug-likeness (QED) is 0.624. The highest BCUT2D eigenvalue weighted by molar-refractivity contribution is 5.88. The van der Waals surface area contributed by atoms with Gasteiger partial charge in [-0.3, -0.25) is 4.79 Å². The van der Waals surface area contributed by atoms with Crippen LogP contribution in [0, 0.1) is 0 Å². The van der Waals surface area contributed by atoms with Crippen LogP contribution in [0.15, 0.2) is 60.8 Å². The maximum absolute atomic E-state index is 12.0.